The Morgan fingerprint density at radius 2 is 2.13 bits per heavy atom. The van der Waals surface area contributed by atoms with Gasteiger partial charge in [0.25, 0.3) is 5.56 Å². The van der Waals surface area contributed by atoms with Crippen molar-refractivity contribution in [1.29, 1.82) is 0 Å². The zero-order valence-electron chi connectivity index (χ0n) is 16.7. The fourth-order valence-electron chi connectivity index (χ4n) is 2.92. The minimum Gasteiger partial charge on any atom is -0.493 e. The molecular formula is C22H21BrClN3O3. The first-order valence-corrected chi connectivity index (χ1v) is 10.5. The van der Waals surface area contributed by atoms with Gasteiger partial charge in [-0.2, -0.15) is 9.78 Å². The van der Waals surface area contributed by atoms with Crippen LogP contribution >= 0.6 is 27.5 Å². The van der Waals surface area contributed by atoms with E-state index in [-0.39, 0.29) is 5.56 Å². The molecule has 3 aromatic rings. The molecule has 30 heavy (non-hydrogen) atoms. The summed E-state index contributed by atoms with van der Waals surface area (Å²) in [6.45, 7) is 5.96. The van der Waals surface area contributed by atoms with Crippen LogP contribution in [0.5, 0.6) is 11.5 Å². The first kappa shape index (κ1) is 22.1. The molecule has 0 fully saturated rings. The average Bonchev–Trinajstić information content (AvgIpc) is 2.73. The SMILES string of the molecule is C=CCOc1c(Cl)cc(C=Nn2c(CCC)nc3ccc(Br)cc3c2=O)cc1OC. The largest absolute Gasteiger partial charge is 0.493 e. The molecule has 0 aliphatic rings. The molecule has 0 bridgehead atoms. The standard InChI is InChI=1S/C22H21BrClN3O3/c1-4-6-20-26-18-8-7-15(23)12-16(18)22(28)27(20)25-13-14-10-17(24)21(30-9-5-2)19(11-14)29-3/h5,7-8,10-13H,2,4,6,9H2,1,3H3. The lowest BCUT2D eigenvalue weighted by molar-refractivity contribution is 0.326. The fraction of sp³-hybridized carbons (Fsp3) is 0.227. The second-order valence-electron chi connectivity index (χ2n) is 6.43. The Bertz CT molecular complexity index is 1170. The van der Waals surface area contributed by atoms with Crippen molar-refractivity contribution in [3.8, 4) is 11.5 Å². The molecule has 0 saturated carbocycles. The number of nitrogens with zero attached hydrogens (tertiary/aromatic N) is 3. The van der Waals surface area contributed by atoms with E-state index in [0.717, 1.165) is 10.9 Å². The van der Waals surface area contributed by atoms with Gasteiger partial charge in [0.1, 0.15) is 12.4 Å². The van der Waals surface area contributed by atoms with Gasteiger partial charge in [-0.1, -0.05) is 47.1 Å². The van der Waals surface area contributed by atoms with Crippen LogP contribution in [0.2, 0.25) is 5.02 Å². The minimum atomic E-state index is -0.231. The third kappa shape index (κ3) is 4.74. The number of ether oxygens (including phenoxy) is 2. The van der Waals surface area contributed by atoms with Gasteiger partial charge in [-0.3, -0.25) is 4.79 Å². The third-order valence-corrected chi connectivity index (χ3v) is 5.04. The number of hydrogen-bond donors (Lipinski definition) is 0. The highest BCUT2D eigenvalue weighted by atomic mass is 79.9. The van der Waals surface area contributed by atoms with Crippen molar-refractivity contribution in [2.24, 2.45) is 5.10 Å². The van der Waals surface area contributed by atoms with Crippen molar-refractivity contribution in [2.75, 3.05) is 13.7 Å². The van der Waals surface area contributed by atoms with Crippen LogP contribution in [0.25, 0.3) is 10.9 Å². The Balaban J connectivity index is 2.08. The fourth-order valence-corrected chi connectivity index (χ4v) is 3.56. The molecule has 0 atom stereocenters. The van der Waals surface area contributed by atoms with Gasteiger partial charge in [-0.15, -0.1) is 0 Å². The summed E-state index contributed by atoms with van der Waals surface area (Å²) in [5.74, 6) is 1.49. The second-order valence-corrected chi connectivity index (χ2v) is 7.76. The number of methoxy groups -OCH3 is 1. The highest BCUT2D eigenvalue weighted by Crippen LogP contribution is 2.36. The lowest BCUT2D eigenvalue weighted by Gasteiger charge is -2.12. The lowest BCUT2D eigenvalue weighted by Crippen LogP contribution is -2.22. The van der Waals surface area contributed by atoms with Gasteiger partial charge in [0.15, 0.2) is 11.5 Å². The highest BCUT2D eigenvalue weighted by molar-refractivity contribution is 9.10. The summed E-state index contributed by atoms with van der Waals surface area (Å²) >= 11 is 9.76. The molecule has 0 aliphatic heterocycles. The summed E-state index contributed by atoms with van der Waals surface area (Å²) in [4.78, 5) is 17.7. The predicted molar refractivity (Wildman–Crippen MR) is 124 cm³/mol. The van der Waals surface area contributed by atoms with Gasteiger partial charge in [0.05, 0.1) is 29.2 Å². The number of rotatable bonds is 8. The van der Waals surface area contributed by atoms with E-state index in [1.807, 2.05) is 19.1 Å². The Morgan fingerprint density at radius 3 is 2.83 bits per heavy atom. The van der Waals surface area contributed by atoms with Gasteiger partial charge in [-0.25, -0.2) is 4.98 Å². The third-order valence-electron chi connectivity index (χ3n) is 4.27. The average molecular weight is 491 g/mol. The maximum atomic E-state index is 13.1. The number of aromatic nitrogens is 2. The normalized spacial score (nSPS) is 11.2. The quantitative estimate of drug-likeness (QED) is 0.321. The van der Waals surface area contributed by atoms with Crippen LogP contribution in [0.15, 0.2) is 57.4 Å². The van der Waals surface area contributed by atoms with Gasteiger partial charge in [0.2, 0.25) is 0 Å². The van der Waals surface area contributed by atoms with Crippen molar-refractivity contribution in [3.63, 3.8) is 0 Å². The van der Waals surface area contributed by atoms with Gasteiger partial charge in [-0.05, 0) is 42.3 Å². The molecule has 0 amide bonds. The first-order valence-electron chi connectivity index (χ1n) is 9.35. The van der Waals surface area contributed by atoms with E-state index in [1.54, 1.807) is 30.5 Å². The number of aryl methyl sites for hydroxylation is 1. The number of hydrogen-bond acceptors (Lipinski definition) is 5. The monoisotopic (exact) mass is 489 g/mol. The van der Waals surface area contributed by atoms with Crippen LogP contribution in [-0.4, -0.2) is 29.6 Å². The predicted octanol–water partition coefficient (Wildman–Crippen LogP) is 5.22. The van der Waals surface area contributed by atoms with Gasteiger partial charge in [0, 0.05) is 10.9 Å². The summed E-state index contributed by atoms with van der Waals surface area (Å²) in [6, 6.07) is 8.87. The van der Waals surface area contributed by atoms with E-state index >= 15 is 0 Å². The molecule has 156 valence electrons. The maximum absolute atomic E-state index is 13.1. The number of halogens is 2. The number of fused-ring (bicyclic) bond motifs is 1. The van der Waals surface area contributed by atoms with Crippen LogP contribution < -0.4 is 15.0 Å². The first-order chi connectivity index (χ1) is 14.5. The van der Waals surface area contributed by atoms with Crippen molar-refractivity contribution in [1.82, 2.24) is 9.66 Å². The van der Waals surface area contributed by atoms with Crippen LogP contribution in [0, 0.1) is 0 Å². The van der Waals surface area contributed by atoms with Gasteiger partial charge < -0.3 is 9.47 Å². The maximum Gasteiger partial charge on any atom is 0.282 e. The molecule has 0 spiro atoms. The smallest absolute Gasteiger partial charge is 0.282 e. The zero-order valence-corrected chi connectivity index (χ0v) is 19.0. The van der Waals surface area contributed by atoms with Crippen molar-refractivity contribution >= 4 is 44.6 Å². The Kier molecular flexibility index (Phi) is 7.29. The van der Waals surface area contributed by atoms with Crippen LogP contribution in [0.1, 0.15) is 24.7 Å². The lowest BCUT2D eigenvalue weighted by atomic mass is 10.2. The van der Waals surface area contributed by atoms with Crippen LogP contribution in [-0.2, 0) is 6.42 Å². The van der Waals surface area contributed by atoms with Crippen LogP contribution in [0.4, 0.5) is 0 Å². The molecule has 0 saturated heterocycles. The molecule has 0 aliphatic carbocycles. The summed E-state index contributed by atoms with van der Waals surface area (Å²) in [5, 5.41) is 5.28. The summed E-state index contributed by atoms with van der Waals surface area (Å²) in [7, 11) is 1.53. The molecule has 0 radical (unpaired) electrons. The molecule has 2 aromatic carbocycles. The Morgan fingerprint density at radius 1 is 1.33 bits per heavy atom. The van der Waals surface area contributed by atoms with E-state index < -0.39 is 0 Å². The topological polar surface area (TPSA) is 65.7 Å². The van der Waals surface area contributed by atoms with E-state index in [2.05, 4.69) is 32.6 Å². The summed E-state index contributed by atoms with van der Waals surface area (Å²) in [5.41, 5.74) is 1.07. The van der Waals surface area contributed by atoms with E-state index in [0.29, 0.717) is 51.8 Å². The highest BCUT2D eigenvalue weighted by Gasteiger charge is 2.13. The van der Waals surface area contributed by atoms with Crippen molar-refractivity contribution in [3.05, 3.63) is 74.2 Å². The molecule has 3 rings (SSSR count). The Hall–Kier alpha value is -2.64. The van der Waals surface area contributed by atoms with Crippen LogP contribution in [0.3, 0.4) is 0 Å². The molecule has 6 nitrogen and oxygen atoms in total. The number of benzene rings is 2. The van der Waals surface area contributed by atoms with E-state index in [1.165, 1.54) is 11.8 Å². The van der Waals surface area contributed by atoms with E-state index in [9.17, 15) is 4.79 Å². The van der Waals surface area contributed by atoms with Crippen molar-refractivity contribution < 1.29 is 9.47 Å². The molecule has 1 aromatic heterocycles. The Labute approximate surface area is 187 Å². The second kappa shape index (κ2) is 9.91. The van der Waals surface area contributed by atoms with E-state index in [4.69, 9.17) is 21.1 Å². The van der Waals surface area contributed by atoms with Crippen molar-refractivity contribution in [2.45, 2.75) is 19.8 Å². The molecule has 1 heterocycles. The summed E-state index contributed by atoms with van der Waals surface area (Å²) in [6.07, 6.45) is 4.63. The van der Waals surface area contributed by atoms with Gasteiger partial charge >= 0.3 is 0 Å². The molecule has 0 N–H and O–H groups in total. The molecular weight excluding hydrogens is 470 g/mol. The summed E-state index contributed by atoms with van der Waals surface area (Å²) < 4.78 is 13.1. The minimum absolute atomic E-state index is 0.231. The molecule has 0 unspecified atom stereocenters. The molecule has 8 heteroatoms. The zero-order chi connectivity index (χ0) is 21.7.